The summed E-state index contributed by atoms with van der Waals surface area (Å²) >= 11 is 5.90. The normalized spacial score (nSPS) is 10.2. The average molecular weight is 281 g/mol. The van der Waals surface area contributed by atoms with E-state index in [2.05, 4.69) is 5.32 Å². The van der Waals surface area contributed by atoms with E-state index in [1.807, 2.05) is 0 Å². The second-order valence-corrected chi connectivity index (χ2v) is 4.26. The number of nitrogens with two attached hydrogens (primary N) is 1. The van der Waals surface area contributed by atoms with Crippen LogP contribution in [0.2, 0.25) is 5.02 Å². The van der Waals surface area contributed by atoms with Crippen LogP contribution >= 0.6 is 11.6 Å². The minimum absolute atomic E-state index is 0.0557. The molecule has 98 valence electrons. The highest BCUT2D eigenvalue weighted by Gasteiger charge is 2.13. The van der Waals surface area contributed by atoms with Gasteiger partial charge in [-0.3, -0.25) is 4.79 Å². The molecule has 0 saturated heterocycles. The Labute approximate surface area is 113 Å². The SMILES string of the molecule is Nc1ccc(Cl)c(NC(=O)c2ccc(F)cc2O)c1. The molecule has 1 amide bonds. The summed E-state index contributed by atoms with van der Waals surface area (Å²) in [7, 11) is 0. The zero-order chi connectivity index (χ0) is 14.0. The summed E-state index contributed by atoms with van der Waals surface area (Å²) in [6.07, 6.45) is 0. The number of phenols is 1. The summed E-state index contributed by atoms with van der Waals surface area (Å²) in [6, 6.07) is 7.73. The van der Waals surface area contributed by atoms with Gasteiger partial charge in [0.25, 0.3) is 5.91 Å². The van der Waals surface area contributed by atoms with Crippen LogP contribution < -0.4 is 11.1 Å². The quantitative estimate of drug-likeness (QED) is 0.740. The van der Waals surface area contributed by atoms with Crippen LogP contribution in [0, 0.1) is 5.82 Å². The molecule has 0 saturated carbocycles. The third kappa shape index (κ3) is 2.95. The van der Waals surface area contributed by atoms with E-state index in [0.29, 0.717) is 16.4 Å². The van der Waals surface area contributed by atoms with Gasteiger partial charge in [0.05, 0.1) is 16.3 Å². The lowest BCUT2D eigenvalue weighted by Crippen LogP contribution is -2.12. The van der Waals surface area contributed by atoms with Crippen molar-refractivity contribution in [2.45, 2.75) is 0 Å². The van der Waals surface area contributed by atoms with E-state index < -0.39 is 17.5 Å². The predicted molar refractivity (Wildman–Crippen MR) is 71.9 cm³/mol. The van der Waals surface area contributed by atoms with E-state index in [0.717, 1.165) is 12.1 Å². The van der Waals surface area contributed by atoms with Crippen LogP contribution in [0.5, 0.6) is 5.75 Å². The van der Waals surface area contributed by atoms with Crippen LogP contribution in [0.3, 0.4) is 0 Å². The van der Waals surface area contributed by atoms with Crippen molar-refractivity contribution in [1.82, 2.24) is 0 Å². The molecule has 0 heterocycles. The molecule has 0 aliphatic heterocycles. The summed E-state index contributed by atoms with van der Waals surface area (Å²) < 4.78 is 12.8. The molecule has 4 nitrogen and oxygen atoms in total. The number of rotatable bonds is 2. The Hall–Kier alpha value is -2.27. The fourth-order valence-electron chi connectivity index (χ4n) is 1.53. The predicted octanol–water partition coefficient (Wildman–Crippen LogP) is 3.02. The second-order valence-electron chi connectivity index (χ2n) is 3.85. The average Bonchev–Trinajstić information content (AvgIpc) is 2.33. The molecule has 0 aliphatic rings. The van der Waals surface area contributed by atoms with Gasteiger partial charge in [0, 0.05) is 11.8 Å². The molecule has 0 radical (unpaired) electrons. The second kappa shape index (κ2) is 5.16. The molecule has 0 atom stereocenters. The highest BCUT2D eigenvalue weighted by Crippen LogP contribution is 2.26. The van der Waals surface area contributed by atoms with Crippen molar-refractivity contribution in [2.24, 2.45) is 0 Å². The van der Waals surface area contributed by atoms with Crippen LogP contribution in [0.1, 0.15) is 10.4 Å². The Morgan fingerprint density at radius 2 is 2.00 bits per heavy atom. The molecule has 0 fully saturated rings. The van der Waals surface area contributed by atoms with Crippen LogP contribution in [-0.4, -0.2) is 11.0 Å². The lowest BCUT2D eigenvalue weighted by Gasteiger charge is -2.09. The molecule has 2 aromatic carbocycles. The number of carbonyl (C=O) groups excluding carboxylic acids is 1. The Bertz CT molecular complexity index is 647. The van der Waals surface area contributed by atoms with Gasteiger partial charge in [0.15, 0.2) is 0 Å². The number of benzene rings is 2. The third-order valence-electron chi connectivity index (χ3n) is 2.44. The van der Waals surface area contributed by atoms with Crippen molar-refractivity contribution in [3.8, 4) is 5.75 Å². The molecular weight excluding hydrogens is 271 g/mol. The number of nitrogens with one attached hydrogen (secondary N) is 1. The summed E-state index contributed by atoms with van der Waals surface area (Å²) in [4.78, 5) is 11.9. The lowest BCUT2D eigenvalue weighted by molar-refractivity contribution is 0.102. The van der Waals surface area contributed by atoms with Gasteiger partial charge in [-0.05, 0) is 30.3 Å². The lowest BCUT2D eigenvalue weighted by atomic mass is 10.1. The van der Waals surface area contributed by atoms with E-state index in [4.69, 9.17) is 17.3 Å². The molecule has 2 rings (SSSR count). The Kier molecular flexibility index (Phi) is 3.57. The molecule has 0 aromatic heterocycles. The van der Waals surface area contributed by atoms with E-state index in [-0.39, 0.29) is 5.56 Å². The van der Waals surface area contributed by atoms with Gasteiger partial charge in [0.1, 0.15) is 11.6 Å². The van der Waals surface area contributed by atoms with Gasteiger partial charge in [-0.15, -0.1) is 0 Å². The van der Waals surface area contributed by atoms with Crippen molar-refractivity contribution in [3.63, 3.8) is 0 Å². The van der Waals surface area contributed by atoms with E-state index in [9.17, 15) is 14.3 Å². The molecule has 6 heteroatoms. The van der Waals surface area contributed by atoms with Crippen molar-refractivity contribution >= 4 is 28.9 Å². The van der Waals surface area contributed by atoms with Crippen molar-refractivity contribution in [2.75, 3.05) is 11.1 Å². The first-order valence-electron chi connectivity index (χ1n) is 5.32. The van der Waals surface area contributed by atoms with Gasteiger partial charge >= 0.3 is 0 Å². The highest BCUT2D eigenvalue weighted by atomic mass is 35.5. The Morgan fingerprint density at radius 3 is 2.68 bits per heavy atom. The summed E-state index contributed by atoms with van der Waals surface area (Å²) in [5.74, 6) is -1.68. The highest BCUT2D eigenvalue weighted by molar-refractivity contribution is 6.34. The minimum Gasteiger partial charge on any atom is -0.507 e. The van der Waals surface area contributed by atoms with Crippen molar-refractivity contribution in [1.29, 1.82) is 0 Å². The number of hydrogen-bond donors (Lipinski definition) is 3. The Balaban J connectivity index is 2.28. The largest absolute Gasteiger partial charge is 0.507 e. The van der Waals surface area contributed by atoms with E-state index in [1.165, 1.54) is 18.2 Å². The number of aromatic hydroxyl groups is 1. The topological polar surface area (TPSA) is 75.3 Å². The number of carbonyl (C=O) groups is 1. The van der Waals surface area contributed by atoms with Crippen molar-refractivity contribution in [3.05, 3.63) is 52.8 Å². The van der Waals surface area contributed by atoms with E-state index in [1.54, 1.807) is 6.07 Å². The zero-order valence-corrected chi connectivity index (χ0v) is 10.4. The smallest absolute Gasteiger partial charge is 0.259 e. The Morgan fingerprint density at radius 1 is 1.26 bits per heavy atom. The van der Waals surface area contributed by atoms with Crippen molar-refractivity contribution < 1.29 is 14.3 Å². The van der Waals surface area contributed by atoms with E-state index >= 15 is 0 Å². The fraction of sp³-hybridized carbons (Fsp3) is 0. The number of amides is 1. The number of phenolic OH excluding ortho intramolecular Hbond substituents is 1. The summed E-state index contributed by atoms with van der Waals surface area (Å²) in [5.41, 5.74) is 6.28. The first kappa shape index (κ1) is 13.2. The number of halogens is 2. The van der Waals surface area contributed by atoms with Crippen LogP contribution in [0.15, 0.2) is 36.4 Å². The first-order chi connectivity index (χ1) is 8.97. The third-order valence-corrected chi connectivity index (χ3v) is 2.77. The molecule has 19 heavy (non-hydrogen) atoms. The standard InChI is InChI=1S/C13H10ClFN2O2/c14-10-4-2-8(16)6-11(10)17-13(19)9-3-1-7(15)5-12(9)18/h1-6,18H,16H2,(H,17,19). The van der Waals surface area contributed by atoms with Gasteiger partial charge in [0.2, 0.25) is 0 Å². The number of hydrogen-bond acceptors (Lipinski definition) is 3. The number of anilines is 2. The van der Waals surface area contributed by atoms with Gasteiger partial charge in [-0.25, -0.2) is 4.39 Å². The maximum Gasteiger partial charge on any atom is 0.259 e. The molecule has 4 N–H and O–H groups in total. The molecule has 0 spiro atoms. The maximum absolute atomic E-state index is 12.8. The molecule has 0 unspecified atom stereocenters. The van der Waals surface area contributed by atoms with Gasteiger partial charge in [-0.1, -0.05) is 11.6 Å². The molecule has 0 aliphatic carbocycles. The summed E-state index contributed by atoms with van der Waals surface area (Å²) in [5, 5.41) is 12.3. The van der Waals surface area contributed by atoms with Gasteiger partial charge in [-0.2, -0.15) is 0 Å². The van der Waals surface area contributed by atoms with Crippen LogP contribution in [0.4, 0.5) is 15.8 Å². The molecule has 0 bridgehead atoms. The van der Waals surface area contributed by atoms with Crippen LogP contribution in [-0.2, 0) is 0 Å². The monoisotopic (exact) mass is 280 g/mol. The van der Waals surface area contributed by atoms with Gasteiger partial charge < -0.3 is 16.2 Å². The number of nitrogen functional groups attached to an aromatic ring is 1. The minimum atomic E-state index is -0.629. The summed E-state index contributed by atoms with van der Waals surface area (Å²) in [6.45, 7) is 0. The van der Waals surface area contributed by atoms with Crippen LogP contribution in [0.25, 0.3) is 0 Å². The fourth-order valence-corrected chi connectivity index (χ4v) is 1.69. The zero-order valence-electron chi connectivity index (χ0n) is 9.65. The molecular formula is C13H10ClFN2O2. The molecule has 2 aromatic rings. The maximum atomic E-state index is 12.8. The first-order valence-corrected chi connectivity index (χ1v) is 5.70.